The van der Waals surface area contributed by atoms with Gasteiger partial charge in [0.25, 0.3) is 0 Å². The van der Waals surface area contributed by atoms with Crippen LogP contribution in [0, 0.1) is 10.6 Å². The monoisotopic (exact) mass is 300 g/mol. The maximum absolute atomic E-state index is 13.4. The van der Waals surface area contributed by atoms with Crippen molar-refractivity contribution in [2.75, 3.05) is 6.61 Å². The first kappa shape index (κ1) is 13.1. The van der Waals surface area contributed by atoms with Gasteiger partial charge in [-0.2, -0.15) is 0 Å². The third-order valence-corrected chi connectivity index (χ3v) is 4.22. The number of imidazole rings is 1. The Morgan fingerprint density at radius 3 is 3.05 bits per heavy atom. The molecule has 6 heteroatoms. The summed E-state index contributed by atoms with van der Waals surface area (Å²) >= 11 is 11.2. The van der Waals surface area contributed by atoms with Crippen molar-refractivity contribution in [2.45, 2.75) is 31.9 Å². The van der Waals surface area contributed by atoms with Crippen molar-refractivity contribution in [2.24, 2.45) is 0 Å². The summed E-state index contributed by atoms with van der Waals surface area (Å²) in [6.07, 6.45) is 2.05. The number of aromatic amines is 1. The average molecular weight is 301 g/mol. The summed E-state index contributed by atoms with van der Waals surface area (Å²) in [5, 5.41) is 0.104. The van der Waals surface area contributed by atoms with Crippen LogP contribution in [0.15, 0.2) is 12.1 Å². The van der Waals surface area contributed by atoms with Crippen molar-refractivity contribution in [3.63, 3.8) is 0 Å². The second-order valence-corrected chi connectivity index (χ2v) is 6.00. The molecule has 0 radical (unpaired) electrons. The average Bonchev–Trinajstić information content (AvgIpc) is 2.88. The molecule has 1 aromatic carbocycles. The summed E-state index contributed by atoms with van der Waals surface area (Å²) in [6, 6.07) is 2.98. The molecule has 0 aliphatic carbocycles. The Balaban J connectivity index is 2.10. The predicted molar refractivity (Wildman–Crippen MR) is 75.7 cm³/mol. The third kappa shape index (κ3) is 2.30. The van der Waals surface area contributed by atoms with E-state index in [0.29, 0.717) is 16.8 Å². The lowest BCUT2D eigenvalue weighted by Crippen LogP contribution is -2.29. The molecule has 2 aromatic rings. The summed E-state index contributed by atoms with van der Waals surface area (Å²) in [4.78, 5) is 3.01. The van der Waals surface area contributed by atoms with Gasteiger partial charge < -0.3 is 14.3 Å². The van der Waals surface area contributed by atoms with E-state index in [1.54, 1.807) is 6.07 Å². The molecular weight excluding hydrogens is 287 g/mol. The Bertz CT molecular complexity index is 688. The molecule has 102 valence electrons. The van der Waals surface area contributed by atoms with Gasteiger partial charge in [0.2, 0.25) is 0 Å². The van der Waals surface area contributed by atoms with E-state index in [9.17, 15) is 4.39 Å². The molecule has 0 amide bonds. The van der Waals surface area contributed by atoms with Gasteiger partial charge in [-0.05, 0) is 38.0 Å². The number of halogens is 2. The van der Waals surface area contributed by atoms with Crippen LogP contribution in [0.1, 0.15) is 19.8 Å². The standard InChI is InChI=1S/C13H14ClFN2OS/c1-13(3-2-4-18-13)7-17-11-5-8(14)9(15)6-10(11)16-12(17)19/h5-6H,2-4,7H2,1H3,(H,16,19). The molecular formula is C13H14ClFN2OS. The van der Waals surface area contributed by atoms with Crippen molar-refractivity contribution < 1.29 is 9.13 Å². The number of nitrogens with one attached hydrogen (secondary N) is 1. The Hall–Kier alpha value is -0.910. The van der Waals surface area contributed by atoms with Gasteiger partial charge in [0.15, 0.2) is 4.77 Å². The van der Waals surface area contributed by atoms with Crippen molar-refractivity contribution in [3.8, 4) is 0 Å². The van der Waals surface area contributed by atoms with Crippen LogP contribution in [0.4, 0.5) is 4.39 Å². The second-order valence-electron chi connectivity index (χ2n) is 5.20. The van der Waals surface area contributed by atoms with Gasteiger partial charge in [-0.15, -0.1) is 0 Å². The Labute approximate surface area is 120 Å². The fraction of sp³-hybridized carbons (Fsp3) is 0.462. The van der Waals surface area contributed by atoms with E-state index in [0.717, 1.165) is 25.0 Å². The minimum absolute atomic E-state index is 0.104. The summed E-state index contributed by atoms with van der Waals surface area (Å²) in [5.74, 6) is -0.444. The number of rotatable bonds is 2. The maximum Gasteiger partial charge on any atom is 0.178 e. The molecule has 1 aromatic heterocycles. The van der Waals surface area contributed by atoms with Gasteiger partial charge in [-0.25, -0.2) is 4.39 Å². The number of H-pyrrole nitrogens is 1. The molecule has 0 saturated carbocycles. The van der Waals surface area contributed by atoms with E-state index in [1.807, 2.05) is 4.57 Å². The van der Waals surface area contributed by atoms with Gasteiger partial charge >= 0.3 is 0 Å². The molecule has 1 aliphatic rings. The highest BCUT2D eigenvalue weighted by atomic mass is 35.5. The van der Waals surface area contributed by atoms with E-state index in [-0.39, 0.29) is 10.6 Å². The van der Waals surface area contributed by atoms with Gasteiger partial charge in [-0.3, -0.25) is 0 Å². The number of aromatic nitrogens is 2. The van der Waals surface area contributed by atoms with E-state index < -0.39 is 5.82 Å². The van der Waals surface area contributed by atoms with Crippen molar-refractivity contribution in [3.05, 3.63) is 27.7 Å². The van der Waals surface area contributed by atoms with Crippen molar-refractivity contribution in [1.82, 2.24) is 9.55 Å². The number of benzene rings is 1. The zero-order valence-electron chi connectivity index (χ0n) is 10.5. The van der Waals surface area contributed by atoms with E-state index in [1.165, 1.54) is 6.07 Å². The summed E-state index contributed by atoms with van der Waals surface area (Å²) < 4.78 is 21.7. The van der Waals surface area contributed by atoms with Crippen molar-refractivity contribution >= 4 is 34.9 Å². The molecule has 3 rings (SSSR count). The van der Waals surface area contributed by atoms with Crippen LogP contribution in [-0.4, -0.2) is 21.8 Å². The SMILES string of the molecule is CC1(Cn2c(=S)[nH]c3cc(F)c(Cl)cc32)CCCO1. The quantitative estimate of drug-likeness (QED) is 0.848. The number of hydrogen-bond donors (Lipinski definition) is 1. The molecule has 0 spiro atoms. The molecule has 1 aliphatic heterocycles. The minimum Gasteiger partial charge on any atom is -0.373 e. The zero-order chi connectivity index (χ0) is 13.6. The zero-order valence-corrected chi connectivity index (χ0v) is 12.1. The Kier molecular flexibility index (Phi) is 3.15. The number of hydrogen-bond acceptors (Lipinski definition) is 2. The van der Waals surface area contributed by atoms with Crippen molar-refractivity contribution in [1.29, 1.82) is 0 Å². The van der Waals surface area contributed by atoms with Crippen LogP contribution in [0.3, 0.4) is 0 Å². The molecule has 1 saturated heterocycles. The Morgan fingerprint density at radius 2 is 2.37 bits per heavy atom. The first-order chi connectivity index (χ1) is 8.98. The first-order valence-corrected chi connectivity index (χ1v) is 6.99. The second kappa shape index (κ2) is 4.58. The minimum atomic E-state index is -0.444. The van der Waals surface area contributed by atoms with Gasteiger partial charge in [0.1, 0.15) is 5.82 Å². The maximum atomic E-state index is 13.4. The molecule has 1 fully saturated rings. The van der Waals surface area contributed by atoms with Crippen LogP contribution in [0.5, 0.6) is 0 Å². The summed E-state index contributed by atoms with van der Waals surface area (Å²) in [7, 11) is 0. The number of ether oxygens (including phenoxy) is 1. The lowest BCUT2D eigenvalue weighted by molar-refractivity contribution is 0.00679. The molecule has 0 bridgehead atoms. The van der Waals surface area contributed by atoms with Gasteiger partial charge in [-0.1, -0.05) is 11.6 Å². The van der Waals surface area contributed by atoms with E-state index >= 15 is 0 Å². The number of nitrogens with zero attached hydrogens (tertiary/aromatic N) is 1. The highest BCUT2D eigenvalue weighted by Crippen LogP contribution is 2.30. The molecule has 19 heavy (non-hydrogen) atoms. The Morgan fingerprint density at radius 1 is 1.58 bits per heavy atom. The van der Waals surface area contributed by atoms with Crippen LogP contribution in [0.2, 0.25) is 5.02 Å². The van der Waals surface area contributed by atoms with Gasteiger partial charge in [0, 0.05) is 12.7 Å². The van der Waals surface area contributed by atoms with Crippen LogP contribution < -0.4 is 0 Å². The van der Waals surface area contributed by atoms with E-state index in [2.05, 4.69) is 11.9 Å². The summed E-state index contributed by atoms with van der Waals surface area (Å²) in [6.45, 7) is 3.50. The first-order valence-electron chi connectivity index (χ1n) is 6.20. The lowest BCUT2D eigenvalue weighted by atomic mass is 10.0. The molecule has 3 nitrogen and oxygen atoms in total. The number of fused-ring (bicyclic) bond motifs is 1. The highest BCUT2D eigenvalue weighted by molar-refractivity contribution is 7.71. The van der Waals surface area contributed by atoms with Crippen LogP contribution >= 0.6 is 23.8 Å². The summed E-state index contributed by atoms with van der Waals surface area (Å²) in [5.41, 5.74) is 1.26. The molecule has 2 heterocycles. The molecule has 1 unspecified atom stereocenters. The van der Waals surface area contributed by atoms with Gasteiger partial charge in [0.05, 0.1) is 28.2 Å². The van der Waals surface area contributed by atoms with E-state index in [4.69, 9.17) is 28.6 Å². The smallest absolute Gasteiger partial charge is 0.178 e. The fourth-order valence-corrected chi connectivity index (χ4v) is 3.04. The fourth-order valence-electron chi connectivity index (χ4n) is 2.60. The van der Waals surface area contributed by atoms with Crippen LogP contribution in [-0.2, 0) is 11.3 Å². The predicted octanol–water partition coefficient (Wildman–Crippen LogP) is 4.06. The van der Waals surface area contributed by atoms with Crippen LogP contribution in [0.25, 0.3) is 11.0 Å². The topological polar surface area (TPSA) is 29.9 Å². The largest absolute Gasteiger partial charge is 0.373 e. The highest BCUT2D eigenvalue weighted by Gasteiger charge is 2.31. The third-order valence-electron chi connectivity index (χ3n) is 3.61. The molecule has 1 N–H and O–H groups in total. The normalized spacial score (nSPS) is 23.3. The lowest BCUT2D eigenvalue weighted by Gasteiger charge is -2.23. The molecule has 1 atom stereocenters.